The minimum absolute atomic E-state index is 0.0431. The Morgan fingerprint density at radius 1 is 1.14 bits per heavy atom. The first kappa shape index (κ1) is 25.0. The molecule has 190 valence electrons. The van der Waals surface area contributed by atoms with Crippen molar-refractivity contribution < 1.29 is 14.6 Å². The number of fused-ring (bicyclic) bond motifs is 1. The summed E-state index contributed by atoms with van der Waals surface area (Å²) in [4.78, 5) is 32.3. The summed E-state index contributed by atoms with van der Waals surface area (Å²) in [5.41, 5.74) is 1.89. The molecule has 0 aliphatic carbocycles. The van der Waals surface area contributed by atoms with Gasteiger partial charge in [-0.05, 0) is 37.1 Å². The number of benzene rings is 1. The number of ether oxygens (including phenoxy) is 2. The number of hydrogen-bond donors (Lipinski definition) is 2. The molecule has 1 aromatic carbocycles. The number of anilines is 1. The van der Waals surface area contributed by atoms with E-state index in [2.05, 4.69) is 15.2 Å². The summed E-state index contributed by atoms with van der Waals surface area (Å²) in [6.07, 6.45) is -0.907. The van der Waals surface area contributed by atoms with Crippen molar-refractivity contribution in [3.63, 3.8) is 0 Å². The molecule has 1 unspecified atom stereocenters. The van der Waals surface area contributed by atoms with Gasteiger partial charge >= 0.3 is 5.69 Å². The van der Waals surface area contributed by atoms with Gasteiger partial charge in [0.05, 0.1) is 19.8 Å². The molecule has 0 spiro atoms. The summed E-state index contributed by atoms with van der Waals surface area (Å²) in [7, 11) is 3.02. The first-order chi connectivity index (χ1) is 16.8. The number of imidazole rings is 1. The van der Waals surface area contributed by atoms with E-state index in [1.165, 1.54) is 11.6 Å². The van der Waals surface area contributed by atoms with Gasteiger partial charge in [-0.2, -0.15) is 4.98 Å². The van der Waals surface area contributed by atoms with E-state index in [4.69, 9.17) is 9.47 Å². The predicted octanol–water partition coefficient (Wildman–Crippen LogP) is 0.235. The topological polar surface area (TPSA) is 116 Å². The van der Waals surface area contributed by atoms with Gasteiger partial charge in [0.15, 0.2) is 11.2 Å². The van der Waals surface area contributed by atoms with Crippen LogP contribution in [0.2, 0.25) is 0 Å². The average molecular weight is 487 g/mol. The number of aryl methyl sites for hydroxylation is 3. The third kappa shape index (κ3) is 5.42. The van der Waals surface area contributed by atoms with E-state index in [1.54, 1.807) is 11.6 Å². The van der Waals surface area contributed by atoms with E-state index in [0.717, 1.165) is 35.3 Å². The van der Waals surface area contributed by atoms with Crippen LogP contribution in [0.15, 0.2) is 27.8 Å². The second-order valence-corrected chi connectivity index (χ2v) is 9.02. The Balaban J connectivity index is 1.56. The van der Waals surface area contributed by atoms with Crippen molar-refractivity contribution in [1.29, 1.82) is 0 Å². The molecule has 11 nitrogen and oxygen atoms in total. The summed E-state index contributed by atoms with van der Waals surface area (Å²) in [5.74, 6) is 1.10. The minimum atomic E-state index is -0.907. The molecule has 0 amide bonds. The highest BCUT2D eigenvalue weighted by molar-refractivity contribution is 5.74. The predicted molar refractivity (Wildman–Crippen MR) is 133 cm³/mol. The maximum absolute atomic E-state index is 13.0. The highest BCUT2D eigenvalue weighted by Crippen LogP contribution is 2.19. The molecule has 3 heterocycles. The highest BCUT2D eigenvalue weighted by Gasteiger charge is 2.21. The van der Waals surface area contributed by atoms with Gasteiger partial charge in [0, 0.05) is 40.3 Å². The summed E-state index contributed by atoms with van der Waals surface area (Å²) < 4.78 is 15.2. The summed E-state index contributed by atoms with van der Waals surface area (Å²) in [6.45, 7) is 8.67. The molecule has 35 heavy (non-hydrogen) atoms. The van der Waals surface area contributed by atoms with Crippen LogP contribution in [0.3, 0.4) is 0 Å². The molecule has 2 N–H and O–H groups in total. The van der Waals surface area contributed by atoms with Gasteiger partial charge in [0.2, 0.25) is 5.95 Å². The normalized spacial score (nSPS) is 15.5. The number of nitrogens with one attached hydrogen (secondary N) is 1. The van der Waals surface area contributed by atoms with Crippen molar-refractivity contribution in [3.8, 4) is 5.75 Å². The fourth-order valence-electron chi connectivity index (χ4n) is 4.17. The molecule has 0 radical (unpaired) electrons. The average Bonchev–Trinajstić information content (AvgIpc) is 3.21. The van der Waals surface area contributed by atoms with Crippen molar-refractivity contribution >= 4 is 17.1 Å². The van der Waals surface area contributed by atoms with E-state index in [9.17, 15) is 14.7 Å². The summed E-state index contributed by atoms with van der Waals surface area (Å²) >= 11 is 0. The van der Waals surface area contributed by atoms with E-state index in [0.29, 0.717) is 31.5 Å². The fraction of sp³-hybridized carbons (Fsp3) is 0.542. The maximum atomic E-state index is 13.0. The molecule has 1 fully saturated rings. The van der Waals surface area contributed by atoms with Crippen molar-refractivity contribution in [2.45, 2.75) is 26.5 Å². The standard InChI is InChI=1S/C24H34N6O5/c1-16-5-6-19(13-17(16)2)35-15-18(31)14-30-20-21(27(3)24(33)28(4)22(20)32)26-23(30)25-7-8-29-9-11-34-12-10-29/h5-6,13,18,31H,7-12,14-15H2,1-4H3,(H,25,26). The lowest BCUT2D eigenvalue weighted by Crippen LogP contribution is -2.39. The Hall–Kier alpha value is -3.15. The molecule has 4 rings (SSSR count). The van der Waals surface area contributed by atoms with Gasteiger partial charge < -0.3 is 24.5 Å². The number of aromatic nitrogens is 4. The van der Waals surface area contributed by atoms with Crippen LogP contribution in [0.5, 0.6) is 5.75 Å². The molecular weight excluding hydrogens is 452 g/mol. The van der Waals surface area contributed by atoms with Gasteiger partial charge in [-0.15, -0.1) is 0 Å². The summed E-state index contributed by atoms with van der Waals surface area (Å²) in [5, 5.41) is 14.1. The van der Waals surface area contributed by atoms with Crippen molar-refractivity contribution in [2.75, 3.05) is 51.3 Å². The number of nitrogens with zero attached hydrogens (tertiary/aromatic N) is 5. The van der Waals surface area contributed by atoms with Crippen molar-refractivity contribution in [1.82, 2.24) is 23.6 Å². The maximum Gasteiger partial charge on any atom is 0.332 e. The Morgan fingerprint density at radius 2 is 1.89 bits per heavy atom. The Kier molecular flexibility index (Phi) is 7.58. The van der Waals surface area contributed by atoms with E-state index < -0.39 is 17.4 Å². The van der Waals surface area contributed by atoms with E-state index in [-0.39, 0.29) is 24.3 Å². The van der Waals surface area contributed by atoms with Gasteiger partial charge in [-0.25, -0.2) is 4.79 Å². The van der Waals surface area contributed by atoms with Crippen LogP contribution in [0.1, 0.15) is 11.1 Å². The van der Waals surface area contributed by atoms with Crippen LogP contribution in [-0.4, -0.2) is 80.8 Å². The molecule has 2 aromatic heterocycles. The number of morpholine rings is 1. The summed E-state index contributed by atoms with van der Waals surface area (Å²) in [6, 6.07) is 5.77. The molecule has 1 aliphatic heterocycles. The number of hydrogen-bond acceptors (Lipinski definition) is 8. The van der Waals surface area contributed by atoms with Crippen molar-refractivity contribution in [3.05, 3.63) is 50.2 Å². The lowest BCUT2D eigenvalue weighted by molar-refractivity contribution is 0.0398. The minimum Gasteiger partial charge on any atom is -0.491 e. The van der Waals surface area contributed by atoms with Gasteiger partial charge in [-0.3, -0.25) is 18.8 Å². The monoisotopic (exact) mass is 486 g/mol. The second kappa shape index (κ2) is 10.6. The molecular formula is C24H34N6O5. The van der Waals surface area contributed by atoms with Crippen LogP contribution >= 0.6 is 0 Å². The highest BCUT2D eigenvalue weighted by atomic mass is 16.5. The molecule has 1 saturated heterocycles. The molecule has 11 heteroatoms. The third-order valence-electron chi connectivity index (χ3n) is 6.48. The molecule has 1 atom stereocenters. The third-order valence-corrected chi connectivity index (χ3v) is 6.48. The van der Waals surface area contributed by atoms with Gasteiger partial charge in [0.25, 0.3) is 5.56 Å². The number of aliphatic hydroxyl groups excluding tert-OH is 1. The van der Waals surface area contributed by atoms with Crippen LogP contribution in [0.4, 0.5) is 5.95 Å². The van der Waals surface area contributed by atoms with Gasteiger partial charge in [-0.1, -0.05) is 6.07 Å². The largest absolute Gasteiger partial charge is 0.491 e. The fourth-order valence-corrected chi connectivity index (χ4v) is 4.17. The smallest absolute Gasteiger partial charge is 0.332 e. The quantitative estimate of drug-likeness (QED) is 0.442. The van der Waals surface area contributed by atoms with Gasteiger partial charge in [0.1, 0.15) is 18.5 Å². The lowest BCUT2D eigenvalue weighted by Gasteiger charge is -2.26. The Bertz CT molecular complexity index is 1300. The second-order valence-electron chi connectivity index (χ2n) is 9.02. The van der Waals surface area contributed by atoms with E-state index >= 15 is 0 Å². The molecule has 3 aromatic rings. The Labute approximate surface area is 203 Å². The molecule has 0 saturated carbocycles. The Morgan fingerprint density at radius 3 is 2.60 bits per heavy atom. The molecule has 0 bridgehead atoms. The first-order valence-electron chi connectivity index (χ1n) is 11.8. The van der Waals surface area contributed by atoms with Crippen LogP contribution in [-0.2, 0) is 25.4 Å². The molecule has 1 aliphatic rings. The zero-order valence-corrected chi connectivity index (χ0v) is 20.8. The van der Waals surface area contributed by atoms with E-state index in [1.807, 2.05) is 32.0 Å². The first-order valence-corrected chi connectivity index (χ1v) is 11.8. The van der Waals surface area contributed by atoms with Crippen LogP contribution in [0.25, 0.3) is 11.2 Å². The number of aliphatic hydroxyl groups is 1. The van der Waals surface area contributed by atoms with Crippen LogP contribution < -0.4 is 21.3 Å². The SMILES string of the molecule is Cc1ccc(OCC(O)Cn2c(NCCN3CCOCC3)nc3c2c(=O)n(C)c(=O)n3C)cc1C. The zero-order chi connectivity index (χ0) is 25.1. The van der Waals surface area contributed by atoms with Crippen molar-refractivity contribution in [2.24, 2.45) is 14.1 Å². The lowest BCUT2D eigenvalue weighted by atomic mass is 10.1. The zero-order valence-electron chi connectivity index (χ0n) is 20.8. The number of rotatable bonds is 9. The van der Waals surface area contributed by atoms with Crippen LogP contribution in [0, 0.1) is 13.8 Å².